The standard InChI is InChI=1S/C14H26N2O/c1-10(2)8-13-14(17)16(11(3)15-13)9-12-6-4-5-7-12/h10-13,15H,4-9H2,1-3H3. The Hall–Kier alpha value is -0.570. The molecule has 2 atom stereocenters. The molecule has 1 aliphatic carbocycles. The van der Waals surface area contributed by atoms with Crippen molar-refractivity contribution in [1.82, 2.24) is 10.2 Å². The van der Waals surface area contributed by atoms with Crippen molar-refractivity contribution in [3.8, 4) is 0 Å². The van der Waals surface area contributed by atoms with Crippen molar-refractivity contribution in [3.05, 3.63) is 0 Å². The van der Waals surface area contributed by atoms with Gasteiger partial charge in [0.15, 0.2) is 0 Å². The fraction of sp³-hybridized carbons (Fsp3) is 0.929. The zero-order valence-corrected chi connectivity index (χ0v) is 11.4. The third kappa shape index (κ3) is 3.01. The summed E-state index contributed by atoms with van der Waals surface area (Å²) in [5.41, 5.74) is 0. The van der Waals surface area contributed by atoms with E-state index in [9.17, 15) is 4.79 Å². The largest absolute Gasteiger partial charge is 0.326 e. The molecule has 1 heterocycles. The van der Waals surface area contributed by atoms with Gasteiger partial charge >= 0.3 is 0 Å². The van der Waals surface area contributed by atoms with E-state index in [4.69, 9.17) is 0 Å². The summed E-state index contributed by atoms with van der Waals surface area (Å²) in [6, 6.07) is 0.0615. The maximum absolute atomic E-state index is 12.3. The van der Waals surface area contributed by atoms with Crippen molar-refractivity contribution in [1.29, 1.82) is 0 Å². The molecule has 17 heavy (non-hydrogen) atoms. The summed E-state index contributed by atoms with van der Waals surface area (Å²) >= 11 is 0. The first-order valence-electron chi connectivity index (χ1n) is 7.14. The summed E-state index contributed by atoms with van der Waals surface area (Å²) in [7, 11) is 0. The van der Waals surface area contributed by atoms with Crippen LogP contribution in [-0.4, -0.2) is 29.6 Å². The number of hydrogen-bond acceptors (Lipinski definition) is 2. The Kier molecular flexibility index (Phi) is 4.08. The Morgan fingerprint density at radius 2 is 2.00 bits per heavy atom. The molecule has 1 aliphatic heterocycles. The van der Waals surface area contributed by atoms with Crippen LogP contribution in [0.15, 0.2) is 0 Å². The number of nitrogens with one attached hydrogen (secondary N) is 1. The molecule has 2 rings (SSSR count). The van der Waals surface area contributed by atoms with Crippen LogP contribution in [0.3, 0.4) is 0 Å². The lowest BCUT2D eigenvalue weighted by Gasteiger charge is -2.24. The third-order valence-corrected chi connectivity index (χ3v) is 4.13. The molecule has 2 unspecified atom stereocenters. The quantitative estimate of drug-likeness (QED) is 0.815. The second-order valence-corrected chi connectivity index (χ2v) is 6.17. The van der Waals surface area contributed by atoms with Crippen molar-refractivity contribution in [2.45, 2.75) is 65.1 Å². The molecular formula is C14H26N2O. The van der Waals surface area contributed by atoms with Crippen molar-refractivity contribution in [3.63, 3.8) is 0 Å². The van der Waals surface area contributed by atoms with E-state index in [1.807, 2.05) is 0 Å². The van der Waals surface area contributed by atoms with E-state index in [0.717, 1.165) is 18.9 Å². The molecule has 0 aromatic carbocycles. The fourth-order valence-corrected chi connectivity index (χ4v) is 3.20. The Morgan fingerprint density at radius 3 is 2.59 bits per heavy atom. The average Bonchev–Trinajstić information content (AvgIpc) is 2.83. The van der Waals surface area contributed by atoms with Gasteiger partial charge in [-0.2, -0.15) is 0 Å². The summed E-state index contributed by atoms with van der Waals surface area (Å²) in [5, 5.41) is 3.44. The molecule has 1 saturated carbocycles. The monoisotopic (exact) mass is 238 g/mol. The van der Waals surface area contributed by atoms with Gasteiger partial charge in [-0.15, -0.1) is 0 Å². The lowest BCUT2D eigenvalue weighted by molar-refractivity contribution is -0.130. The van der Waals surface area contributed by atoms with Gasteiger partial charge in [-0.25, -0.2) is 0 Å². The topological polar surface area (TPSA) is 32.3 Å². The maximum Gasteiger partial charge on any atom is 0.241 e. The van der Waals surface area contributed by atoms with Gasteiger partial charge in [0.05, 0.1) is 12.2 Å². The van der Waals surface area contributed by atoms with Gasteiger partial charge in [-0.1, -0.05) is 26.7 Å². The van der Waals surface area contributed by atoms with E-state index >= 15 is 0 Å². The Bertz CT molecular complexity index is 271. The van der Waals surface area contributed by atoms with Gasteiger partial charge in [0.1, 0.15) is 0 Å². The lowest BCUT2D eigenvalue weighted by atomic mass is 10.0. The first-order valence-corrected chi connectivity index (χ1v) is 7.14. The molecule has 1 saturated heterocycles. The lowest BCUT2D eigenvalue weighted by Crippen LogP contribution is -2.37. The second-order valence-electron chi connectivity index (χ2n) is 6.17. The highest BCUT2D eigenvalue weighted by atomic mass is 16.2. The number of carbonyl (C=O) groups excluding carboxylic acids is 1. The van der Waals surface area contributed by atoms with Crippen LogP contribution in [-0.2, 0) is 4.79 Å². The molecule has 0 bridgehead atoms. The molecular weight excluding hydrogens is 212 g/mol. The Morgan fingerprint density at radius 1 is 1.35 bits per heavy atom. The summed E-state index contributed by atoms with van der Waals surface area (Å²) in [6.45, 7) is 7.45. The van der Waals surface area contributed by atoms with E-state index in [2.05, 4.69) is 31.0 Å². The second kappa shape index (κ2) is 5.38. The Balaban J connectivity index is 1.91. The maximum atomic E-state index is 12.3. The van der Waals surface area contributed by atoms with E-state index in [1.165, 1.54) is 25.7 Å². The zero-order chi connectivity index (χ0) is 12.4. The van der Waals surface area contributed by atoms with Crippen molar-refractivity contribution >= 4 is 5.91 Å². The van der Waals surface area contributed by atoms with Crippen LogP contribution in [0.25, 0.3) is 0 Å². The number of hydrogen-bond donors (Lipinski definition) is 1. The summed E-state index contributed by atoms with van der Waals surface area (Å²) < 4.78 is 0. The number of nitrogens with zero attached hydrogens (tertiary/aromatic N) is 1. The molecule has 3 heteroatoms. The van der Waals surface area contributed by atoms with Gasteiger partial charge in [0.25, 0.3) is 0 Å². The smallest absolute Gasteiger partial charge is 0.241 e. The Labute approximate surface area is 105 Å². The zero-order valence-electron chi connectivity index (χ0n) is 11.4. The SMILES string of the molecule is CC(C)CC1NC(C)N(CC2CCCC2)C1=O. The number of rotatable bonds is 4. The minimum absolute atomic E-state index is 0.0615. The molecule has 2 fully saturated rings. The molecule has 0 aromatic rings. The highest BCUT2D eigenvalue weighted by Crippen LogP contribution is 2.27. The fourth-order valence-electron chi connectivity index (χ4n) is 3.20. The molecule has 98 valence electrons. The molecule has 0 radical (unpaired) electrons. The van der Waals surface area contributed by atoms with Gasteiger partial charge in [0.2, 0.25) is 5.91 Å². The summed E-state index contributed by atoms with van der Waals surface area (Å²) in [6.07, 6.45) is 6.52. The predicted octanol–water partition coefficient (Wildman–Crippen LogP) is 2.37. The van der Waals surface area contributed by atoms with E-state index in [0.29, 0.717) is 11.8 Å². The van der Waals surface area contributed by atoms with Crippen LogP contribution in [0.4, 0.5) is 0 Å². The highest BCUT2D eigenvalue weighted by molar-refractivity contribution is 5.84. The van der Waals surface area contributed by atoms with Crippen LogP contribution in [0, 0.1) is 11.8 Å². The van der Waals surface area contributed by atoms with Crippen LogP contribution in [0.5, 0.6) is 0 Å². The van der Waals surface area contributed by atoms with Crippen LogP contribution < -0.4 is 5.32 Å². The molecule has 2 aliphatic rings. The first-order chi connectivity index (χ1) is 8.08. The molecule has 3 nitrogen and oxygen atoms in total. The van der Waals surface area contributed by atoms with Crippen molar-refractivity contribution in [2.75, 3.05) is 6.54 Å². The van der Waals surface area contributed by atoms with Gasteiger partial charge < -0.3 is 4.90 Å². The molecule has 1 N–H and O–H groups in total. The first kappa shape index (κ1) is 12.9. The molecule has 1 amide bonds. The highest BCUT2D eigenvalue weighted by Gasteiger charge is 2.37. The molecule has 0 spiro atoms. The normalized spacial score (nSPS) is 30.8. The van der Waals surface area contributed by atoms with E-state index in [-0.39, 0.29) is 12.2 Å². The summed E-state index contributed by atoms with van der Waals surface area (Å²) in [5.74, 6) is 1.66. The van der Waals surface area contributed by atoms with E-state index in [1.54, 1.807) is 0 Å². The number of amides is 1. The average molecular weight is 238 g/mol. The summed E-state index contributed by atoms with van der Waals surface area (Å²) in [4.78, 5) is 14.4. The minimum atomic E-state index is 0.0615. The van der Waals surface area contributed by atoms with Crippen molar-refractivity contribution < 1.29 is 4.79 Å². The van der Waals surface area contributed by atoms with E-state index < -0.39 is 0 Å². The minimum Gasteiger partial charge on any atom is -0.326 e. The van der Waals surface area contributed by atoms with Crippen LogP contribution in [0.1, 0.15) is 52.9 Å². The number of carbonyl (C=O) groups is 1. The molecule has 0 aromatic heterocycles. The predicted molar refractivity (Wildman–Crippen MR) is 69.5 cm³/mol. The van der Waals surface area contributed by atoms with Crippen LogP contribution in [0.2, 0.25) is 0 Å². The van der Waals surface area contributed by atoms with Crippen molar-refractivity contribution in [2.24, 2.45) is 11.8 Å². The van der Waals surface area contributed by atoms with Crippen LogP contribution >= 0.6 is 0 Å². The van der Waals surface area contributed by atoms with Gasteiger partial charge in [-0.05, 0) is 38.0 Å². The van der Waals surface area contributed by atoms with Gasteiger partial charge in [0, 0.05) is 6.54 Å². The van der Waals surface area contributed by atoms with Gasteiger partial charge in [-0.3, -0.25) is 10.1 Å². The third-order valence-electron chi connectivity index (χ3n) is 4.13.